The van der Waals surface area contributed by atoms with Crippen LogP contribution < -0.4 is 21.3 Å². The minimum atomic E-state index is -1.16. The number of aldehydes is 2. The van der Waals surface area contributed by atoms with E-state index in [4.69, 9.17) is 0 Å². The van der Waals surface area contributed by atoms with Crippen molar-refractivity contribution in [1.82, 2.24) is 26.2 Å². The third kappa shape index (κ3) is 11.2. The standard InChI is InChI=1S/C19H30N5O6P/c1-3-4-17(28)24(13-27)16(11-20-7-9-25)19(30)21-6-5-14(2)23-15(12-31)18(29)22-8-10-26/h3-4,9-10,13,15-16,20,23H,2,5-8,11-12,31H2,1H3,(H,21,30)(H,22,29)/b4-3-. The highest BCUT2D eigenvalue weighted by atomic mass is 31.0. The fraction of sp³-hybridized carbons (Fsp3) is 0.474. The van der Waals surface area contributed by atoms with E-state index >= 15 is 0 Å². The van der Waals surface area contributed by atoms with Gasteiger partial charge in [0.1, 0.15) is 24.7 Å². The van der Waals surface area contributed by atoms with E-state index in [1.54, 1.807) is 6.92 Å². The molecular weight excluding hydrogens is 425 g/mol. The lowest BCUT2D eigenvalue weighted by Gasteiger charge is -2.25. The molecule has 0 heterocycles. The minimum absolute atomic E-state index is 0.0441. The van der Waals surface area contributed by atoms with E-state index in [1.807, 2.05) is 0 Å². The molecule has 0 aliphatic carbocycles. The average Bonchev–Trinajstić information content (AvgIpc) is 2.75. The summed E-state index contributed by atoms with van der Waals surface area (Å²) in [6.45, 7) is 5.29. The van der Waals surface area contributed by atoms with Crippen LogP contribution in [0.1, 0.15) is 13.3 Å². The Balaban J connectivity index is 4.88. The molecule has 0 radical (unpaired) electrons. The quantitative estimate of drug-likeness (QED) is 0.0840. The zero-order valence-corrected chi connectivity index (χ0v) is 18.6. The fourth-order valence-corrected chi connectivity index (χ4v) is 2.71. The normalized spacial score (nSPS) is 12.3. The smallest absolute Gasteiger partial charge is 0.253 e. The first-order chi connectivity index (χ1) is 14.9. The van der Waals surface area contributed by atoms with Gasteiger partial charge in [0.05, 0.1) is 13.1 Å². The molecule has 0 rings (SSSR count). The van der Waals surface area contributed by atoms with Gasteiger partial charge in [-0.1, -0.05) is 12.7 Å². The topological polar surface area (TPSA) is 154 Å². The lowest BCUT2D eigenvalue weighted by molar-refractivity contribution is -0.143. The second-order valence-corrected chi connectivity index (χ2v) is 6.65. The summed E-state index contributed by atoms with van der Waals surface area (Å²) in [5.41, 5.74) is 0.474. The van der Waals surface area contributed by atoms with Crippen molar-refractivity contribution in [3.05, 3.63) is 24.4 Å². The molecule has 0 aliphatic heterocycles. The van der Waals surface area contributed by atoms with Crippen molar-refractivity contribution in [2.45, 2.75) is 25.4 Å². The number of nitrogens with zero attached hydrogens (tertiary/aromatic N) is 1. The van der Waals surface area contributed by atoms with Gasteiger partial charge in [0.25, 0.3) is 5.91 Å². The Morgan fingerprint density at radius 1 is 1.06 bits per heavy atom. The van der Waals surface area contributed by atoms with Gasteiger partial charge in [-0.3, -0.25) is 24.1 Å². The predicted octanol–water partition coefficient (Wildman–Crippen LogP) is -2.13. The fourth-order valence-electron chi connectivity index (χ4n) is 2.37. The molecule has 0 aromatic heterocycles. The van der Waals surface area contributed by atoms with Crippen molar-refractivity contribution >= 4 is 45.9 Å². The molecule has 0 aliphatic rings. The van der Waals surface area contributed by atoms with Gasteiger partial charge in [0.15, 0.2) is 0 Å². The third-order valence-corrected chi connectivity index (χ3v) is 4.37. The molecule has 0 fully saturated rings. The summed E-state index contributed by atoms with van der Waals surface area (Å²) < 4.78 is 0. The SMILES string of the molecule is C=C(CCNC(=O)C(CNCC=O)N(C=O)C(=O)/C=C\C)NC(CP)C(=O)NCC=O. The first kappa shape index (κ1) is 28.1. The van der Waals surface area contributed by atoms with Crippen molar-refractivity contribution in [3.63, 3.8) is 0 Å². The van der Waals surface area contributed by atoms with Gasteiger partial charge in [0.2, 0.25) is 18.2 Å². The van der Waals surface area contributed by atoms with E-state index in [0.29, 0.717) is 24.4 Å². The maximum Gasteiger partial charge on any atom is 0.253 e. The Kier molecular flexibility index (Phi) is 15.3. The third-order valence-electron chi connectivity index (χ3n) is 3.90. The monoisotopic (exact) mass is 455 g/mol. The molecule has 0 saturated carbocycles. The van der Waals surface area contributed by atoms with Crippen molar-refractivity contribution in [2.75, 3.05) is 32.3 Å². The highest BCUT2D eigenvalue weighted by Crippen LogP contribution is 2.02. The van der Waals surface area contributed by atoms with Gasteiger partial charge >= 0.3 is 0 Å². The number of amides is 4. The van der Waals surface area contributed by atoms with Crippen LogP contribution >= 0.6 is 9.24 Å². The second-order valence-electron chi connectivity index (χ2n) is 6.18. The molecule has 0 saturated heterocycles. The van der Waals surface area contributed by atoms with Gasteiger partial charge in [0, 0.05) is 25.2 Å². The molecule has 12 heteroatoms. The van der Waals surface area contributed by atoms with Crippen molar-refractivity contribution in [1.29, 1.82) is 0 Å². The van der Waals surface area contributed by atoms with Gasteiger partial charge in [-0.25, -0.2) is 0 Å². The molecule has 3 unspecified atom stereocenters. The maximum atomic E-state index is 12.6. The highest BCUT2D eigenvalue weighted by Gasteiger charge is 2.28. The van der Waals surface area contributed by atoms with Gasteiger partial charge < -0.3 is 30.9 Å². The largest absolute Gasteiger partial charge is 0.377 e. The number of hydrogen-bond donors (Lipinski definition) is 4. The Bertz CT molecular complexity index is 685. The van der Waals surface area contributed by atoms with Crippen LogP contribution in [0.4, 0.5) is 0 Å². The summed E-state index contributed by atoms with van der Waals surface area (Å²) in [7, 11) is 2.42. The lowest BCUT2D eigenvalue weighted by atomic mass is 10.2. The van der Waals surface area contributed by atoms with Crippen LogP contribution in [0.25, 0.3) is 0 Å². The number of rotatable bonds is 17. The summed E-state index contributed by atoms with van der Waals surface area (Å²) >= 11 is 0. The average molecular weight is 455 g/mol. The number of allylic oxidation sites excluding steroid dienone is 1. The van der Waals surface area contributed by atoms with E-state index in [-0.39, 0.29) is 44.9 Å². The molecular formula is C19H30N5O6P. The zero-order valence-electron chi connectivity index (χ0n) is 17.5. The van der Waals surface area contributed by atoms with Crippen LogP contribution in [0.2, 0.25) is 0 Å². The number of carbonyl (C=O) groups excluding carboxylic acids is 6. The van der Waals surface area contributed by atoms with E-state index in [1.165, 1.54) is 6.08 Å². The summed E-state index contributed by atoms with van der Waals surface area (Å²) in [4.78, 5) is 69.6. The molecule has 11 nitrogen and oxygen atoms in total. The van der Waals surface area contributed by atoms with Crippen LogP contribution in [0, 0.1) is 0 Å². The van der Waals surface area contributed by atoms with Crippen molar-refractivity contribution < 1.29 is 28.8 Å². The van der Waals surface area contributed by atoms with Crippen LogP contribution in [0.3, 0.4) is 0 Å². The molecule has 0 spiro atoms. The Labute approximate surface area is 183 Å². The van der Waals surface area contributed by atoms with Gasteiger partial charge in [-0.2, -0.15) is 0 Å². The number of hydrogen-bond acceptors (Lipinski definition) is 8. The highest BCUT2D eigenvalue weighted by molar-refractivity contribution is 7.16. The van der Waals surface area contributed by atoms with Crippen LogP contribution in [0.15, 0.2) is 24.4 Å². The lowest BCUT2D eigenvalue weighted by Crippen LogP contribution is -2.53. The summed E-state index contributed by atoms with van der Waals surface area (Å²) in [5, 5.41) is 10.6. The van der Waals surface area contributed by atoms with E-state index in [9.17, 15) is 28.8 Å². The first-order valence-corrected chi connectivity index (χ1v) is 10.4. The van der Waals surface area contributed by atoms with Crippen molar-refractivity contribution in [2.24, 2.45) is 0 Å². The second kappa shape index (κ2) is 16.8. The Hall–Kier alpha value is -2.91. The molecule has 4 amide bonds. The molecule has 172 valence electrons. The van der Waals surface area contributed by atoms with Crippen LogP contribution in [-0.4, -0.2) is 86.0 Å². The molecule has 31 heavy (non-hydrogen) atoms. The van der Waals surface area contributed by atoms with Gasteiger partial charge in [-0.05, 0) is 19.2 Å². The summed E-state index contributed by atoms with van der Waals surface area (Å²) in [5.74, 6) is -1.62. The van der Waals surface area contributed by atoms with Crippen LogP contribution in [-0.2, 0) is 28.8 Å². The summed E-state index contributed by atoms with van der Waals surface area (Å²) in [6, 6.07) is -1.77. The molecule has 0 aromatic carbocycles. The minimum Gasteiger partial charge on any atom is -0.377 e. The van der Waals surface area contributed by atoms with Crippen molar-refractivity contribution in [3.8, 4) is 0 Å². The molecule has 0 aromatic rings. The van der Waals surface area contributed by atoms with Crippen LogP contribution in [0.5, 0.6) is 0 Å². The zero-order chi connectivity index (χ0) is 23.6. The Morgan fingerprint density at radius 3 is 2.29 bits per heavy atom. The molecule has 3 atom stereocenters. The van der Waals surface area contributed by atoms with E-state index < -0.39 is 23.9 Å². The Morgan fingerprint density at radius 2 is 1.74 bits per heavy atom. The number of imide groups is 1. The van der Waals surface area contributed by atoms with E-state index in [2.05, 4.69) is 37.1 Å². The van der Waals surface area contributed by atoms with Gasteiger partial charge in [-0.15, -0.1) is 9.24 Å². The molecule has 4 N–H and O–H groups in total. The number of nitrogens with one attached hydrogen (secondary N) is 4. The number of carbonyl (C=O) groups is 6. The maximum absolute atomic E-state index is 12.6. The molecule has 0 bridgehead atoms. The van der Waals surface area contributed by atoms with E-state index in [0.717, 1.165) is 11.0 Å². The first-order valence-electron chi connectivity index (χ1n) is 9.54. The predicted molar refractivity (Wildman–Crippen MR) is 118 cm³/mol. The summed E-state index contributed by atoms with van der Waals surface area (Å²) in [6.07, 6.45) is 4.67.